The van der Waals surface area contributed by atoms with Gasteiger partial charge in [0.25, 0.3) is 0 Å². The van der Waals surface area contributed by atoms with E-state index in [1.54, 1.807) is 0 Å². The van der Waals surface area contributed by atoms with E-state index in [1.807, 2.05) is 0 Å². The van der Waals surface area contributed by atoms with Crippen LogP contribution in [0, 0.1) is 0 Å². The van der Waals surface area contributed by atoms with Gasteiger partial charge in [-0.05, 0) is 31.3 Å². The van der Waals surface area contributed by atoms with E-state index < -0.39 is 6.09 Å². The highest BCUT2D eigenvalue weighted by atomic mass is 16.6. The lowest BCUT2D eigenvalue weighted by molar-refractivity contribution is -0.0518. The number of hydrogen-bond donors (Lipinski definition) is 1. The van der Waals surface area contributed by atoms with Gasteiger partial charge in [0.15, 0.2) is 0 Å². The highest BCUT2D eigenvalue weighted by Gasteiger charge is 2.34. The zero-order valence-electron chi connectivity index (χ0n) is 7.40. The van der Waals surface area contributed by atoms with Gasteiger partial charge in [0.05, 0.1) is 0 Å². The molecular formula is C9H13NO3. The van der Waals surface area contributed by atoms with Crippen LogP contribution in [0.3, 0.4) is 0 Å². The Kier molecular flexibility index (Phi) is 2.22. The molecule has 1 fully saturated rings. The summed E-state index contributed by atoms with van der Waals surface area (Å²) >= 11 is 0. The zero-order chi connectivity index (χ0) is 9.26. The second-order valence-electron chi connectivity index (χ2n) is 3.46. The Bertz CT molecular complexity index is 249. The molecule has 0 bridgehead atoms. The minimum atomic E-state index is -0.628. The van der Waals surface area contributed by atoms with Crippen molar-refractivity contribution >= 4 is 6.09 Å². The second-order valence-corrected chi connectivity index (χ2v) is 3.46. The maximum atomic E-state index is 10.9. The number of carbonyl (C=O) groups excluding carboxylic acids is 1. The highest BCUT2D eigenvalue weighted by molar-refractivity contribution is 5.69. The SMILES string of the molecule is O=C1OCC(C2=CCCCC2)N1O. The first-order valence-corrected chi connectivity index (χ1v) is 4.63. The van der Waals surface area contributed by atoms with Crippen LogP contribution >= 0.6 is 0 Å². The van der Waals surface area contributed by atoms with Crippen molar-refractivity contribution in [1.29, 1.82) is 0 Å². The van der Waals surface area contributed by atoms with Gasteiger partial charge in [-0.15, -0.1) is 0 Å². The van der Waals surface area contributed by atoms with Crippen LogP contribution in [0.25, 0.3) is 0 Å². The molecule has 1 aliphatic carbocycles. The molecule has 1 heterocycles. The maximum absolute atomic E-state index is 10.9. The molecule has 0 aromatic rings. The number of allylic oxidation sites excluding steroid dienone is 1. The van der Waals surface area contributed by atoms with Crippen molar-refractivity contribution in [3.63, 3.8) is 0 Å². The summed E-state index contributed by atoms with van der Waals surface area (Å²) in [5.74, 6) is 0. The summed E-state index contributed by atoms with van der Waals surface area (Å²) in [5, 5.41) is 10.0. The number of amides is 1. The molecule has 0 aromatic carbocycles. The first-order chi connectivity index (χ1) is 6.29. The molecule has 0 aromatic heterocycles. The maximum Gasteiger partial charge on any atom is 0.434 e. The molecule has 0 radical (unpaired) electrons. The molecule has 4 nitrogen and oxygen atoms in total. The highest BCUT2D eigenvalue weighted by Crippen LogP contribution is 2.26. The summed E-state index contributed by atoms with van der Waals surface area (Å²) in [6.07, 6.45) is 5.85. The number of rotatable bonds is 1. The fourth-order valence-electron chi connectivity index (χ4n) is 1.84. The Morgan fingerprint density at radius 3 is 2.92 bits per heavy atom. The summed E-state index contributed by atoms with van der Waals surface area (Å²) in [7, 11) is 0. The molecule has 0 spiro atoms. The van der Waals surface area contributed by atoms with Crippen LogP contribution in [0.15, 0.2) is 11.6 Å². The van der Waals surface area contributed by atoms with Gasteiger partial charge in [0, 0.05) is 0 Å². The molecule has 0 saturated carbocycles. The van der Waals surface area contributed by atoms with Gasteiger partial charge in [0.2, 0.25) is 0 Å². The predicted molar refractivity (Wildman–Crippen MR) is 45.3 cm³/mol. The molecule has 1 unspecified atom stereocenters. The van der Waals surface area contributed by atoms with E-state index in [1.165, 1.54) is 6.42 Å². The quantitative estimate of drug-likeness (QED) is 0.497. The Hall–Kier alpha value is -1.03. The fourth-order valence-corrected chi connectivity index (χ4v) is 1.84. The molecule has 1 amide bonds. The van der Waals surface area contributed by atoms with Crippen LogP contribution in [-0.2, 0) is 4.74 Å². The first-order valence-electron chi connectivity index (χ1n) is 4.63. The molecule has 2 rings (SSSR count). The number of cyclic esters (lactones) is 1. The van der Waals surface area contributed by atoms with Gasteiger partial charge >= 0.3 is 6.09 Å². The van der Waals surface area contributed by atoms with Crippen LogP contribution in [0.5, 0.6) is 0 Å². The molecule has 13 heavy (non-hydrogen) atoms. The number of hydrogen-bond acceptors (Lipinski definition) is 3. The van der Waals surface area contributed by atoms with Crippen molar-refractivity contribution in [3.8, 4) is 0 Å². The fraction of sp³-hybridized carbons (Fsp3) is 0.667. The van der Waals surface area contributed by atoms with Crippen LogP contribution in [0.2, 0.25) is 0 Å². The van der Waals surface area contributed by atoms with Gasteiger partial charge in [-0.2, -0.15) is 5.06 Å². The summed E-state index contributed by atoms with van der Waals surface area (Å²) in [6.45, 7) is 0.293. The Morgan fingerprint density at radius 2 is 2.38 bits per heavy atom. The van der Waals surface area contributed by atoms with E-state index in [0.717, 1.165) is 24.8 Å². The molecule has 4 heteroatoms. The van der Waals surface area contributed by atoms with Crippen LogP contribution in [0.1, 0.15) is 25.7 Å². The van der Waals surface area contributed by atoms with Crippen molar-refractivity contribution in [2.75, 3.05) is 6.61 Å². The number of nitrogens with zero attached hydrogens (tertiary/aromatic N) is 1. The number of ether oxygens (including phenoxy) is 1. The van der Waals surface area contributed by atoms with E-state index >= 15 is 0 Å². The van der Waals surface area contributed by atoms with E-state index in [-0.39, 0.29) is 6.04 Å². The Labute approximate surface area is 76.7 Å². The summed E-state index contributed by atoms with van der Waals surface area (Å²) in [5.41, 5.74) is 1.14. The van der Waals surface area contributed by atoms with Gasteiger partial charge in [0.1, 0.15) is 12.6 Å². The number of carbonyl (C=O) groups is 1. The van der Waals surface area contributed by atoms with Crippen LogP contribution in [0.4, 0.5) is 4.79 Å². The second kappa shape index (κ2) is 3.38. The lowest BCUT2D eigenvalue weighted by atomic mass is 9.94. The molecule has 1 saturated heterocycles. The smallest absolute Gasteiger partial charge is 0.434 e. The summed E-state index contributed by atoms with van der Waals surface area (Å²) in [6, 6.07) is -0.229. The third kappa shape index (κ3) is 1.54. The van der Waals surface area contributed by atoms with Crippen molar-refractivity contribution in [1.82, 2.24) is 5.06 Å². The van der Waals surface area contributed by atoms with E-state index in [4.69, 9.17) is 4.74 Å². The summed E-state index contributed by atoms with van der Waals surface area (Å²) < 4.78 is 4.73. The normalized spacial score (nSPS) is 28.7. The minimum Gasteiger partial charge on any atom is -0.445 e. The van der Waals surface area contributed by atoms with E-state index in [0.29, 0.717) is 11.7 Å². The minimum absolute atomic E-state index is 0.229. The van der Waals surface area contributed by atoms with Crippen molar-refractivity contribution in [2.45, 2.75) is 31.7 Å². The third-order valence-corrected chi connectivity index (χ3v) is 2.60. The predicted octanol–water partition coefficient (Wildman–Crippen LogP) is 1.70. The average molecular weight is 183 g/mol. The lowest BCUT2D eigenvalue weighted by Gasteiger charge is -2.20. The lowest BCUT2D eigenvalue weighted by Crippen LogP contribution is -2.32. The van der Waals surface area contributed by atoms with Gasteiger partial charge in [-0.25, -0.2) is 4.79 Å². The molecular weight excluding hydrogens is 170 g/mol. The summed E-state index contributed by atoms with van der Waals surface area (Å²) in [4.78, 5) is 10.9. The van der Waals surface area contributed by atoms with Crippen LogP contribution < -0.4 is 0 Å². The average Bonchev–Trinajstić information content (AvgIpc) is 2.49. The Morgan fingerprint density at radius 1 is 1.54 bits per heavy atom. The molecule has 1 N–H and O–H groups in total. The Balaban J connectivity index is 2.08. The van der Waals surface area contributed by atoms with Gasteiger partial charge < -0.3 is 4.74 Å². The molecule has 2 aliphatic rings. The van der Waals surface area contributed by atoms with E-state index in [2.05, 4.69) is 6.08 Å². The standard InChI is InChI=1S/C9H13NO3/c11-9-10(12)8(6-13-9)7-4-2-1-3-5-7/h4,8,12H,1-3,5-6H2. The van der Waals surface area contributed by atoms with Crippen molar-refractivity contribution < 1.29 is 14.7 Å². The molecule has 1 atom stereocenters. The van der Waals surface area contributed by atoms with Crippen molar-refractivity contribution in [2.24, 2.45) is 0 Å². The zero-order valence-corrected chi connectivity index (χ0v) is 7.40. The van der Waals surface area contributed by atoms with Crippen molar-refractivity contribution in [3.05, 3.63) is 11.6 Å². The topological polar surface area (TPSA) is 49.8 Å². The number of hydroxylamine groups is 2. The van der Waals surface area contributed by atoms with Gasteiger partial charge in [-0.3, -0.25) is 5.21 Å². The largest absolute Gasteiger partial charge is 0.445 e. The van der Waals surface area contributed by atoms with Gasteiger partial charge in [-0.1, -0.05) is 6.08 Å². The monoisotopic (exact) mass is 183 g/mol. The van der Waals surface area contributed by atoms with E-state index in [9.17, 15) is 10.0 Å². The molecule has 1 aliphatic heterocycles. The first kappa shape index (κ1) is 8.56. The molecule has 72 valence electrons. The third-order valence-electron chi connectivity index (χ3n) is 2.60. The van der Waals surface area contributed by atoms with Crippen LogP contribution in [-0.4, -0.2) is 29.0 Å².